The molecular weight excluding hydrogens is 430 g/mol. The van der Waals surface area contributed by atoms with Gasteiger partial charge in [0.15, 0.2) is 0 Å². The summed E-state index contributed by atoms with van der Waals surface area (Å²) < 4.78 is 19.2. The Morgan fingerprint density at radius 3 is 2.38 bits per heavy atom. The third kappa shape index (κ3) is 7.40. The maximum absolute atomic E-state index is 10.6. The maximum atomic E-state index is 10.6. The summed E-state index contributed by atoms with van der Waals surface area (Å²) in [6.45, 7) is 10.5. The second-order valence-electron chi connectivity index (χ2n) is 8.80. The molecule has 0 unspecified atom stereocenters. The van der Waals surface area contributed by atoms with Crippen molar-refractivity contribution < 1.29 is 19.3 Å². The van der Waals surface area contributed by atoms with Crippen molar-refractivity contribution >= 4 is 0 Å². The Labute approximate surface area is 202 Å². The van der Waals surface area contributed by atoms with E-state index in [0.717, 1.165) is 22.7 Å². The molecule has 1 atom stereocenters. The molecule has 0 spiro atoms. The fraction of sp³-hybridized carbons (Fsp3) is 0.444. The zero-order valence-corrected chi connectivity index (χ0v) is 20.9. The summed E-state index contributed by atoms with van der Waals surface area (Å²) in [4.78, 5) is 2.15. The Kier molecular flexibility index (Phi) is 9.65. The number of nitrogens with zero attached hydrogens (tertiary/aromatic N) is 3. The van der Waals surface area contributed by atoms with E-state index in [1.54, 1.807) is 7.11 Å². The van der Waals surface area contributed by atoms with Crippen LogP contribution < -0.4 is 4.74 Å². The topological polar surface area (TPSA) is 69.0 Å². The van der Waals surface area contributed by atoms with Gasteiger partial charge in [0.2, 0.25) is 5.88 Å². The Morgan fingerprint density at radius 1 is 1.03 bits per heavy atom. The number of rotatable bonds is 13. The molecule has 0 saturated carbocycles. The summed E-state index contributed by atoms with van der Waals surface area (Å²) in [5, 5.41) is 15.4. The van der Waals surface area contributed by atoms with Gasteiger partial charge in [-0.05, 0) is 52.0 Å². The molecule has 0 amide bonds. The fourth-order valence-corrected chi connectivity index (χ4v) is 3.62. The lowest BCUT2D eigenvalue weighted by molar-refractivity contribution is -0.0122. The number of aromatic nitrogens is 2. The molecule has 184 valence electrons. The van der Waals surface area contributed by atoms with Crippen LogP contribution in [-0.4, -0.2) is 65.4 Å². The molecular formula is C27H37N3O4. The van der Waals surface area contributed by atoms with E-state index in [1.807, 2.05) is 80.1 Å². The summed E-state index contributed by atoms with van der Waals surface area (Å²) >= 11 is 0. The van der Waals surface area contributed by atoms with Crippen molar-refractivity contribution in [1.82, 2.24) is 14.7 Å². The zero-order valence-electron chi connectivity index (χ0n) is 20.9. The predicted octanol–water partition coefficient (Wildman–Crippen LogP) is 4.52. The van der Waals surface area contributed by atoms with E-state index >= 15 is 0 Å². The first-order valence-electron chi connectivity index (χ1n) is 11.8. The van der Waals surface area contributed by atoms with Gasteiger partial charge < -0.3 is 19.3 Å². The molecule has 3 aromatic rings. The highest BCUT2D eigenvalue weighted by Crippen LogP contribution is 2.31. The highest BCUT2D eigenvalue weighted by Gasteiger charge is 2.22. The van der Waals surface area contributed by atoms with E-state index in [2.05, 4.69) is 11.8 Å². The van der Waals surface area contributed by atoms with Crippen molar-refractivity contribution in [2.75, 3.05) is 33.4 Å². The molecule has 34 heavy (non-hydrogen) atoms. The molecule has 7 heteroatoms. The number of benzene rings is 2. The van der Waals surface area contributed by atoms with Crippen LogP contribution in [-0.2, 0) is 16.0 Å². The number of ether oxygens (including phenoxy) is 3. The summed E-state index contributed by atoms with van der Waals surface area (Å²) in [6.07, 6.45) is -0.534. The van der Waals surface area contributed by atoms with Gasteiger partial charge in [0, 0.05) is 26.7 Å². The lowest BCUT2D eigenvalue weighted by atomic mass is 10.2. The quantitative estimate of drug-likeness (QED) is 0.399. The van der Waals surface area contributed by atoms with Gasteiger partial charge in [-0.25, -0.2) is 4.68 Å². The lowest BCUT2D eigenvalue weighted by Gasteiger charge is -2.25. The van der Waals surface area contributed by atoms with Gasteiger partial charge in [-0.3, -0.25) is 4.90 Å². The monoisotopic (exact) mass is 467 g/mol. The highest BCUT2D eigenvalue weighted by atomic mass is 16.5. The van der Waals surface area contributed by atoms with Gasteiger partial charge in [0.05, 0.1) is 42.4 Å². The summed E-state index contributed by atoms with van der Waals surface area (Å²) in [6, 6.07) is 18.0. The van der Waals surface area contributed by atoms with Gasteiger partial charge in [0.1, 0.15) is 5.75 Å². The Bertz CT molecular complexity index is 1000. The van der Waals surface area contributed by atoms with Crippen LogP contribution in [0.1, 0.15) is 30.7 Å². The minimum atomic E-state index is -0.606. The molecule has 1 heterocycles. The van der Waals surface area contributed by atoms with Crippen molar-refractivity contribution in [3.8, 4) is 17.3 Å². The molecule has 0 aliphatic rings. The molecule has 3 rings (SSSR count). The zero-order chi connectivity index (χ0) is 24.5. The van der Waals surface area contributed by atoms with E-state index in [1.165, 1.54) is 5.56 Å². The van der Waals surface area contributed by atoms with E-state index in [9.17, 15) is 5.11 Å². The minimum Gasteiger partial charge on any atom is -0.439 e. The van der Waals surface area contributed by atoms with Gasteiger partial charge in [0.25, 0.3) is 0 Å². The van der Waals surface area contributed by atoms with Gasteiger partial charge >= 0.3 is 0 Å². The number of aryl methyl sites for hydroxylation is 2. The lowest BCUT2D eigenvalue weighted by Crippen LogP contribution is -2.37. The average molecular weight is 468 g/mol. The third-order valence-corrected chi connectivity index (χ3v) is 5.46. The van der Waals surface area contributed by atoms with Crippen LogP contribution in [0.25, 0.3) is 5.69 Å². The van der Waals surface area contributed by atoms with E-state index in [0.29, 0.717) is 32.1 Å². The largest absolute Gasteiger partial charge is 0.439 e. The highest BCUT2D eigenvalue weighted by molar-refractivity contribution is 5.43. The van der Waals surface area contributed by atoms with Crippen LogP contribution in [0.4, 0.5) is 0 Å². The minimum absolute atomic E-state index is 0.0722. The van der Waals surface area contributed by atoms with Crippen molar-refractivity contribution in [3.05, 3.63) is 71.4 Å². The molecule has 0 radical (unpaired) electrons. The van der Waals surface area contributed by atoms with Crippen molar-refractivity contribution in [2.24, 2.45) is 0 Å². The fourth-order valence-electron chi connectivity index (χ4n) is 3.62. The van der Waals surface area contributed by atoms with Gasteiger partial charge in [-0.15, -0.1) is 0 Å². The predicted molar refractivity (Wildman–Crippen MR) is 134 cm³/mol. The van der Waals surface area contributed by atoms with Crippen LogP contribution in [0.2, 0.25) is 0 Å². The van der Waals surface area contributed by atoms with Crippen LogP contribution in [0.3, 0.4) is 0 Å². The number of hydrogen-bond donors (Lipinski definition) is 1. The summed E-state index contributed by atoms with van der Waals surface area (Å²) in [5.74, 6) is 1.42. The molecule has 0 fully saturated rings. The molecule has 0 saturated heterocycles. The van der Waals surface area contributed by atoms with E-state index < -0.39 is 6.10 Å². The first-order chi connectivity index (χ1) is 16.4. The Balaban J connectivity index is 1.92. The molecule has 7 nitrogen and oxygen atoms in total. The van der Waals surface area contributed by atoms with Gasteiger partial charge in [-0.1, -0.05) is 35.9 Å². The molecule has 1 N–H and O–H groups in total. The smallest absolute Gasteiger partial charge is 0.227 e. The maximum Gasteiger partial charge on any atom is 0.227 e. The van der Waals surface area contributed by atoms with E-state index in [-0.39, 0.29) is 12.7 Å². The summed E-state index contributed by atoms with van der Waals surface area (Å²) in [5.41, 5.74) is 3.94. The average Bonchev–Trinajstić information content (AvgIpc) is 3.13. The SMILES string of the molecule is COCCN(Cc1c(C)nn(-c2ccccc2)c1Oc1ccc(C)cc1)C[C@H](O)COC(C)C. The first-order valence-corrected chi connectivity index (χ1v) is 11.8. The van der Waals surface area contributed by atoms with Crippen LogP contribution in [0, 0.1) is 13.8 Å². The van der Waals surface area contributed by atoms with Crippen LogP contribution >= 0.6 is 0 Å². The van der Waals surface area contributed by atoms with Crippen molar-refractivity contribution in [1.29, 1.82) is 0 Å². The first kappa shape index (κ1) is 25.9. The number of para-hydroxylation sites is 1. The number of aliphatic hydroxyl groups is 1. The van der Waals surface area contributed by atoms with Gasteiger partial charge in [-0.2, -0.15) is 5.10 Å². The molecule has 0 bridgehead atoms. The Morgan fingerprint density at radius 2 is 1.74 bits per heavy atom. The van der Waals surface area contributed by atoms with Crippen LogP contribution in [0.5, 0.6) is 11.6 Å². The molecule has 0 aliphatic carbocycles. The van der Waals surface area contributed by atoms with Crippen molar-refractivity contribution in [3.63, 3.8) is 0 Å². The second-order valence-corrected chi connectivity index (χ2v) is 8.80. The second kappa shape index (κ2) is 12.7. The number of methoxy groups -OCH3 is 1. The molecule has 0 aliphatic heterocycles. The van der Waals surface area contributed by atoms with Crippen molar-refractivity contribution in [2.45, 2.75) is 46.4 Å². The molecule has 2 aromatic carbocycles. The Hall–Kier alpha value is -2.71. The standard InChI is InChI=1S/C27H37N3O4/c1-20(2)33-19-24(31)17-29(15-16-32-5)18-26-22(4)28-30(23-9-7-6-8-10-23)27(26)34-25-13-11-21(3)12-14-25/h6-14,20,24,31H,15-19H2,1-5H3/t24-/m0/s1. The number of aliphatic hydroxyl groups excluding tert-OH is 1. The third-order valence-electron chi connectivity index (χ3n) is 5.46. The summed E-state index contributed by atoms with van der Waals surface area (Å²) in [7, 11) is 1.68. The molecule has 1 aromatic heterocycles. The normalized spacial score (nSPS) is 12.5. The van der Waals surface area contributed by atoms with Crippen LogP contribution in [0.15, 0.2) is 54.6 Å². The van der Waals surface area contributed by atoms with E-state index in [4.69, 9.17) is 19.3 Å². The number of hydrogen-bond acceptors (Lipinski definition) is 6.